The molecule has 4 heteroatoms. The molecule has 2 aromatic rings. The molecule has 1 atom stereocenters. The maximum Gasteiger partial charge on any atom is 0.243 e. The molecule has 0 unspecified atom stereocenters. The van der Waals surface area contributed by atoms with Crippen LogP contribution in [0.3, 0.4) is 0 Å². The number of nitrogens with zero attached hydrogens (tertiary/aromatic N) is 1. The predicted octanol–water partition coefficient (Wildman–Crippen LogP) is 3.82. The molecule has 0 heterocycles. The number of likely N-dealkylation sites (N-methyl/N-ethyl adjacent to an activating group) is 1. The van der Waals surface area contributed by atoms with Gasteiger partial charge in [0, 0.05) is 12.7 Å². The average Bonchev–Trinajstić information content (AvgIpc) is 2.63. The fourth-order valence-electron chi connectivity index (χ4n) is 3.63. The Bertz CT molecular complexity index is 829. The van der Waals surface area contributed by atoms with E-state index in [9.17, 15) is 9.59 Å². The molecule has 0 saturated carbocycles. The van der Waals surface area contributed by atoms with E-state index >= 15 is 0 Å². The van der Waals surface area contributed by atoms with Crippen LogP contribution in [0.25, 0.3) is 0 Å². The first-order valence-electron chi connectivity index (χ1n) is 9.15. The molecule has 0 radical (unpaired) electrons. The van der Waals surface area contributed by atoms with Crippen molar-refractivity contribution < 1.29 is 9.59 Å². The predicted molar refractivity (Wildman–Crippen MR) is 104 cm³/mol. The Morgan fingerprint density at radius 1 is 1.15 bits per heavy atom. The fraction of sp³-hybridized carbons (Fsp3) is 0.364. The molecule has 136 valence electrons. The normalized spacial score (nSPS) is 15.9. The number of amides is 2. The first kappa shape index (κ1) is 18.2. The molecular formula is C22H26N2O2. The summed E-state index contributed by atoms with van der Waals surface area (Å²) >= 11 is 0. The van der Waals surface area contributed by atoms with Gasteiger partial charge in [-0.25, -0.2) is 0 Å². The van der Waals surface area contributed by atoms with Gasteiger partial charge in [-0.3, -0.25) is 9.59 Å². The van der Waals surface area contributed by atoms with Crippen molar-refractivity contribution in [1.82, 2.24) is 4.90 Å². The zero-order chi connectivity index (χ0) is 18.7. The molecule has 3 rings (SSSR count). The third-order valence-electron chi connectivity index (χ3n) is 5.09. The van der Waals surface area contributed by atoms with E-state index in [-0.39, 0.29) is 24.3 Å². The van der Waals surface area contributed by atoms with E-state index in [0.29, 0.717) is 0 Å². The topological polar surface area (TPSA) is 49.4 Å². The molecule has 1 N–H and O–H groups in total. The number of hydrogen-bond donors (Lipinski definition) is 1. The van der Waals surface area contributed by atoms with E-state index in [0.717, 1.165) is 41.6 Å². The Kier molecular flexibility index (Phi) is 5.40. The van der Waals surface area contributed by atoms with E-state index < -0.39 is 0 Å². The van der Waals surface area contributed by atoms with Crippen molar-refractivity contribution in [2.45, 2.75) is 39.0 Å². The number of nitrogens with one attached hydrogen (secondary N) is 1. The third-order valence-corrected chi connectivity index (χ3v) is 5.09. The number of aryl methyl sites for hydroxylation is 3. The van der Waals surface area contributed by atoms with Gasteiger partial charge in [-0.15, -0.1) is 0 Å². The van der Waals surface area contributed by atoms with E-state index in [4.69, 9.17) is 0 Å². The lowest BCUT2D eigenvalue weighted by Gasteiger charge is -2.28. The number of anilines is 1. The second-order valence-corrected chi connectivity index (χ2v) is 7.20. The molecule has 4 nitrogen and oxygen atoms in total. The van der Waals surface area contributed by atoms with Gasteiger partial charge in [-0.2, -0.15) is 0 Å². The largest absolute Gasteiger partial charge is 0.336 e. The van der Waals surface area contributed by atoms with Crippen molar-refractivity contribution in [1.29, 1.82) is 0 Å². The minimum atomic E-state index is -0.168. The maximum absolute atomic E-state index is 12.9. The van der Waals surface area contributed by atoms with Crippen molar-refractivity contribution in [3.05, 3.63) is 64.7 Å². The second kappa shape index (κ2) is 7.73. The Hall–Kier alpha value is -2.62. The number of benzene rings is 2. The van der Waals surface area contributed by atoms with Gasteiger partial charge in [0.05, 0.1) is 12.5 Å². The smallest absolute Gasteiger partial charge is 0.243 e. The summed E-state index contributed by atoms with van der Waals surface area (Å²) in [6.07, 6.45) is 2.88. The van der Waals surface area contributed by atoms with Crippen LogP contribution < -0.4 is 5.32 Å². The first-order valence-corrected chi connectivity index (χ1v) is 9.15. The maximum atomic E-state index is 12.9. The van der Waals surface area contributed by atoms with E-state index in [1.54, 1.807) is 11.9 Å². The molecule has 0 spiro atoms. The Morgan fingerprint density at radius 3 is 2.73 bits per heavy atom. The van der Waals surface area contributed by atoms with Gasteiger partial charge in [0.25, 0.3) is 0 Å². The summed E-state index contributed by atoms with van der Waals surface area (Å²) in [5.41, 5.74) is 5.28. The minimum absolute atomic E-state index is 0.0215. The first-order chi connectivity index (χ1) is 12.5. The summed E-state index contributed by atoms with van der Waals surface area (Å²) in [5.74, 6) is -0.287. The molecule has 0 fully saturated rings. The van der Waals surface area contributed by atoms with Crippen LogP contribution in [0.15, 0.2) is 42.5 Å². The SMILES string of the molecule is Cc1ccc(C)c(NC(=O)CN(C)C(=O)[C@@H]2CCCc3ccccc32)c1. The van der Waals surface area contributed by atoms with Gasteiger partial charge in [-0.1, -0.05) is 36.4 Å². The average molecular weight is 350 g/mol. The molecule has 1 aliphatic carbocycles. The molecule has 2 amide bonds. The molecule has 26 heavy (non-hydrogen) atoms. The summed E-state index contributed by atoms with van der Waals surface area (Å²) in [4.78, 5) is 26.9. The highest BCUT2D eigenvalue weighted by Gasteiger charge is 2.29. The highest BCUT2D eigenvalue weighted by molar-refractivity contribution is 5.96. The zero-order valence-electron chi connectivity index (χ0n) is 15.7. The van der Waals surface area contributed by atoms with Crippen LogP contribution >= 0.6 is 0 Å². The van der Waals surface area contributed by atoms with Crippen molar-refractivity contribution in [3.8, 4) is 0 Å². The second-order valence-electron chi connectivity index (χ2n) is 7.20. The molecular weight excluding hydrogens is 324 g/mol. The summed E-state index contributed by atoms with van der Waals surface area (Å²) in [6.45, 7) is 4.01. The van der Waals surface area contributed by atoms with Crippen LogP contribution in [-0.4, -0.2) is 30.3 Å². The van der Waals surface area contributed by atoms with Gasteiger partial charge in [0.15, 0.2) is 0 Å². The van der Waals surface area contributed by atoms with Gasteiger partial charge < -0.3 is 10.2 Å². The van der Waals surface area contributed by atoms with Crippen LogP contribution in [0.2, 0.25) is 0 Å². The standard InChI is InChI=1S/C22H26N2O2/c1-15-11-12-16(2)20(13-15)23-21(25)14-24(3)22(26)19-10-6-8-17-7-4-5-9-18(17)19/h4-5,7,9,11-13,19H,6,8,10,14H2,1-3H3,(H,23,25)/t19-/m1/s1. The van der Waals surface area contributed by atoms with Crippen LogP contribution in [0.4, 0.5) is 5.69 Å². The lowest BCUT2D eigenvalue weighted by Crippen LogP contribution is -2.38. The lowest BCUT2D eigenvalue weighted by molar-refractivity contribution is -0.134. The van der Waals surface area contributed by atoms with Crippen LogP contribution in [0.5, 0.6) is 0 Å². The number of carbonyl (C=O) groups is 2. The Labute approximate surface area is 155 Å². The zero-order valence-corrected chi connectivity index (χ0v) is 15.7. The molecule has 0 aromatic heterocycles. The number of fused-ring (bicyclic) bond motifs is 1. The Morgan fingerprint density at radius 2 is 1.92 bits per heavy atom. The van der Waals surface area contributed by atoms with Crippen molar-refractivity contribution in [2.24, 2.45) is 0 Å². The monoisotopic (exact) mass is 350 g/mol. The van der Waals surface area contributed by atoms with Gasteiger partial charge >= 0.3 is 0 Å². The number of carbonyl (C=O) groups excluding carboxylic acids is 2. The van der Waals surface area contributed by atoms with E-state index in [1.807, 2.05) is 50.2 Å². The fourth-order valence-corrected chi connectivity index (χ4v) is 3.63. The highest BCUT2D eigenvalue weighted by Crippen LogP contribution is 2.32. The van der Waals surface area contributed by atoms with Gasteiger partial charge in [-0.05, 0) is 61.4 Å². The molecule has 2 aromatic carbocycles. The highest BCUT2D eigenvalue weighted by atomic mass is 16.2. The van der Waals surface area contributed by atoms with Crippen LogP contribution in [0.1, 0.15) is 41.0 Å². The summed E-state index contributed by atoms with van der Waals surface area (Å²) in [5, 5.41) is 2.93. The van der Waals surface area contributed by atoms with Crippen LogP contribution in [-0.2, 0) is 16.0 Å². The van der Waals surface area contributed by atoms with Crippen molar-refractivity contribution in [2.75, 3.05) is 18.9 Å². The number of hydrogen-bond acceptors (Lipinski definition) is 2. The molecule has 1 aliphatic rings. The van der Waals surface area contributed by atoms with E-state index in [1.165, 1.54) is 5.56 Å². The molecule has 0 saturated heterocycles. The van der Waals surface area contributed by atoms with Crippen molar-refractivity contribution in [3.63, 3.8) is 0 Å². The Balaban J connectivity index is 1.66. The lowest BCUT2D eigenvalue weighted by atomic mass is 9.82. The summed E-state index contributed by atoms with van der Waals surface area (Å²) < 4.78 is 0. The summed E-state index contributed by atoms with van der Waals surface area (Å²) in [7, 11) is 1.71. The van der Waals surface area contributed by atoms with Crippen LogP contribution in [0, 0.1) is 13.8 Å². The van der Waals surface area contributed by atoms with E-state index in [2.05, 4.69) is 11.4 Å². The van der Waals surface area contributed by atoms with Gasteiger partial charge in [0.2, 0.25) is 11.8 Å². The number of rotatable bonds is 4. The van der Waals surface area contributed by atoms with Crippen molar-refractivity contribution >= 4 is 17.5 Å². The summed E-state index contributed by atoms with van der Waals surface area (Å²) in [6, 6.07) is 14.1. The third kappa shape index (κ3) is 3.96. The molecule has 0 aliphatic heterocycles. The molecule has 0 bridgehead atoms. The van der Waals surface area contributed by atoms with Gasteiger partial charge in [0.1, 0.15) is 0 Å². The minimum Gasteiger partial charge on any atom is -0.336 e. The quantitative estimate of drug-likeness (QED) is 0.911.